The summed E-state index contributed by atoms with van der Waals surface area (Å²) >= 11 is 0. The molecular weight excluding hydrogens is 236 g/mol. The van der Waals surface area contributed by atoms with Crippen molar-refractivity contribution < 1.29 is 5.11 Å². The summed E-state index contributed by atoms with van der Waals surface area (Å²) in [7, 11) is 0. The first-order valence-corrected chi connectivity index (χ1v) is 6.44. The highest BCUT2D eigenvalue weighted by Crippen LogP contribution is 2.09. The number of benzene rings is 2. The summed E-state index contributed by atoms with van der Waals surface area (Å²) in [5, 5.41) is 9.20. The minimum atomic E-state index is -0.513. The molecule has 0 radical (unpaired) electrons. The van der Waals surface area contributed by atoms with Crippen LogP contribution in [-0.4, -0.2) is 11.7 Å². The van der Waals surface area contributed by atoms with E-state index < -0.39 is 6.10 Å². The fraction of sp³-hybridized carbons (Fsp3) is 0.250. The van der Waals surface area contributed by atoms with Crippen molar-refractivity contribution >= 4 is 5.69 Å². The lowest BCUT2D eigenvalue weighted by Crippen LogP contribution is -2.10. The van der Waals surface area contributed by atoms with Crippen molar-refractivity contribution in [2.45, 2.75) is 19.4 Å². The van der Waals surface area contributed by atoms with Gasteiger partial charge in [0.15, 0.2) is 0 Å². The number of nitrogen functional groups attached to an aromatic ring is 1. The van der Waals surface area contributed by atoms with Gasteiger partial charge in [-0.3, -0.25) is 0 Å². The second-order valence-corrected chi connectivity index (χ2v) is 4.26. The molecule has 0 amide bonds. The third-order valence-electron chi connectivity index (χ3n) is 2.80. The van der Waals surface area contributed by atoms with Crippen molar-refractivity contribution in [3.8, 4) is 0 Å². The summed E-state index contributed by atoms with van der Waals surface area (Å²) in [6, 6.07) is 17.4. The Balaban J connectivity index is 0.000000191. The molecule has 3 heteroatoms. The molecule has 0 aliphatic rings. The zero-order valence-corrected chi connectivity index (χ0v) is 11.3. The lowest BCUT2D eigenvalue weighted by Gasteiger charge is -2.05. The molecule has 1 unspecified atom stereocenters. The minimum Gasteiger partial charge on any atom is -0.399 e. The van der Waals surface area contributed by atoms with Gasteiger partial charge in [0.05, 0.1) is 6.10 Å². The number of anilines is 1. The van der Waals surface area contributed by atoms with Crippen LogP contribution in [0.5, 0.6) is 0 Å². The van der Waals surface area contributed by atoms with Gasteiger partial charge in [0, 0.05) is 12.2 Å². The van der Waals surface area contributed by atoms with Gasteiger partial charge in [-0.2, -0.15) is 0 Å². The molecule has 0 aromatic heterocycles. The topological polar surface area (TPSA) is 72.3 Å². The van der Waals surface area contributed by atoms with Crippen LogP contribution in [0.1, 0.15) is 24.2 Å². The third-order valence-corrected chi connectivity index (χ3v) is 2.80. The molecule has 0 saturated heterocycles. The smallest absolute Gasteiger partial charge is 0.0912 e. The number of hydrogen-bond donors (Lipinski definition) is 3. The van der Waals surface area contributed by atoms with Crippen molar-refractivity contribution in [2.24, 2.45) is 5.73 Å². The first-order chi connectivity index (χ1) is 9.17. The van der Waals surface area contributed by atoms with E-state index in [1.807, 2.05) is 42.5 Å². The highest BCUT2D eigenvalue weighted by Gasteiger charge is 2.01. The van der Waals surface area contributed by atoms with Crippen molar-refractivity contribution in [1.82, 2.24) is 0 Å². The highest BCUT2D eigenvalue weighted by atomic mass is 16.3. The molecule has 102 valence electrons. The van der Waals surface area contributed by atoms with E-state index in [0.717, 1.165) is 17.7 Å². The van der Waals surface area contributed by atoms with Crippen LogP contribution in [0, 0.1) is 0 Å². The predicted octanol–water partition coefficient (Wildman–Crippen LogP) is 2.51. The summed E-state index contributed by atoms with van der Waals surface area (Å²) in [6.45, 7) is 2.41. The van der Waals surface area contributed by atoms with Crippen LogP contribution in [0.4, 0.5) is 5.69 Å². The second-order valence-electron chi connectivity index (χ2n) is 4.26. The Morgan fingerprint density at radius 1 is 1.00 bits per heavy atom. The summed E-state index contributed by atoms with van der Waals surface area (Å²) in [5.74, 6) is 0. The third kappa shape index (κ3) is 5.55. The van der Waals surface area contributed by atoms with Gasteiger partial charge in [0.25, 0.3) is 0 Å². The van der Waals surface area contributed by atoms with E-state index in [9.17, 15) is 5.11 Å². The van der Waals surface area contributed by atoms with Gasteiger partial charge in [-0.05, 0) is 29.7 Å². The molecule has 0 heterocycles. The summed E-state index contributed by atoms with van der Waals surface area (Å²) in [4.78, 5) is 0. The van der Waals surface area contributed by atoms with Gasteiger partial charge in [-0.1, -0.05) is 49.4 Å². The van der Waals surface area contributed by atoms with Crippen LogP contribution in [0.3, 0.4) is 0 Å². The van der Waals surface area contributed by atoms with E-state index >= 15 is 0 Å². The molecule has 0 fully saturated rings. The molecule has 3 nitrogen and oxygen atoms in total. The van der Waals surface area contributed by atoms with Gasteiger partial charge in [0.1, 0.15) is 0 Å². The summed E-state index contributed by atoms with van der Waals surface area (Å²) in [5.41, 5.74) is 13.8. The molecular formula is C16H22N2O. The van der Waals surface area contributed by atoms with Gasteiger partial charge < -0.3 is 16.6 Å². The normalized spacial score (nSPS) is 11.3. The Bertz CT molecular complexity index is 454. The zero-order chi connectivity index (χ0) is 14.1. The maximum absolute atomic E-state index is 9.20. The number of nitrogens with two attached hydrogens (primary N) is 2. The Labute approximate surface area is 114 Å². The number of aliphatic hydroxyl groups is 1. The summed E-state index contributed by atoms with van der Waals surface area (Å²) in [6.07, 6.45) is 0.571. The molecule has 0 bridgehead atoms. The average Bonchev–Trinajstić information content (AvgIpc) is 2.49. The fourth-order valence-electron chi connectivity index (χ4n) is 1.56. The molecule has 19 heavy (non-hydrogen) atoms. The monoisotopic (exact) mass is 258 g/mol. The van der Waals surface area contributed by atoms with E-state index in [1.165, 1.54) is 5.56 Å². The predicted molar refractivity (Wildman–Crippen MR) is 80.7 cm³/mol. The zero-order valence-electron chi connectivity index (χ0n) is 11.3. The minimum absolute atomic E-state index is 0.282. The quantitative estimate of drug-likeness (QED) is 0.741. The SMILES string of the molecule is CCc1ccc(N)cc1.NCC(O)c1ccccc1. The maximum atomic E-state index is 9.20. The van der Waals surface area contributed by atoms with Crippen LogP contribution in [0.25, 0.3) is 0 Å². The Morgan fingerprint density at radius 3 is 2.05 bits per heavy atom. The van der Waals surface area contributed by atoms with Gasteiger partial charge in [-0.25, -0.2) is 0 Å². The van der Waals surface area contributed by atoms with E-state index in [-0.39, 0.29) is 6.54 Å². The molecule has 0 aliphatic heterocycles. The largest absolute Gasteiger partial charge is 0.399 e. The van der Waals surface area contributed by atoms with Crippen LogP contribution in [-0.2, 0) is 6.42 Å². The Morgan fingerprint density at radius 2 is 1.58 bits per heavy atom. The first kappa shape index (κ1) is 15.2. The molecule has 2 aromatic carbocycles. The summed E-state index contributed by atoms with van der Waals surface area (Å²) < 4.78 is 0. The number of rotatable bonds is 3. The van der Waals surface area contributed by atoms with Crippen molar-refractivity contribution in [3.63, 3.8) is 0 Å². The van der Waals surface area contributed by atoms with Crippen molar-refractivity contribution in [2.75, 3.05) is 12.3 Å². The molecule has 0 aliphatic carbocycles. The Hall–Kier alpha value is -1.84. The van der Waals surface area contributed by atoms with E-state index in [0.29, 0.717) is 0 Å². The first-order valence-electron chi connectivity index (χ1n) is 6.44. The molecule has 0 saturated carbocycles. The van der Waals surface area contributed by atoms with Crippen LogP contribution < -0.4 is 11.5 Å². The Kier molecular flexibility index (Phi) is 6.64. The van der Waals surface area contributed by atoms with Crippen LogP contribution >= 0.6 is 0 Å². The lowest BCUT2D eigenvalue weighted by molar-refractivity contribution is 0.187. The average molecular weight is 258 g/mol. The second kappa shape index (κ2) is 8.29. The number of aliphatic hydroxyl groups excluding tert-OH is 1. The molecule has 2 rings (SSSR count). The number of aryl methyl sites for hydroxylation is 1. The fourth-order valence-corrected chi connectivity index (χ4v) is 1.56. The molecule has 5 N–H and O–H groups in total. The van der Waals surface area contributed by atoms with Gasteiger partial charge in [0.2, 0.25) is 0 Å². The highest BCUT2D eigenvalue weighted by molar-refractivity contribution is 5.39. The van der Waals surface area contributed by atoms with Crippen molar-refractivity contribution in [1.29, 1.82) is 0 Å². The molecule has 2 aromatic rings. The van der Waals surface area contributed by atoms with Gasteiger partial charge in [-0.15, -0.1) is 0 Å². The lowest BCUT2D eigenvalue weighted by atomic mass is 10.1. The van der Waals surface area contributed by atoms with Crippen molar-refractivity contribution in [3.05, 3.63) is 65.7 Å². The standard InChI is InChI=1S/C8H11NO.C8H11N/c9-6-8(10)7-4-2-1-3-5-7;1-2-7-3-5-8(9)6-4-7/h1-5,8,10H,6,9H2;3-6H,2,9H2,1H3. The van der Waals surface area contributed by atoms with E-state index in [4.69, 9.17) is 11.5 Å². The number of hydrogen-bond acceptors (Lipinski definition) is 3. The van der Waals surface area contributed by atoms with Crippen LogP contribution in [0.15, 0.2) is 54.6 Å². The maximum Gasteiger partial charge on any atom is 0.0912 e. The van der Waals surface area contributed by atoms with E-state index in [2.05, 4.69) is 19.1 Å². The molecule has 1 atom stereocenters. The van der Waals surface area contributed by atoms with Gasteiger partial charge >= 0.3 is 0 Å². The van der Waals surface area contributed by atoms with Crippen LogP contribution in [0.2, 0.25) is 0 Å². The molecule has 0 spiro atoms. The van der Waals surface area contributed by atoms with E-state index in [1.54, 1.807) is 0 Å².